The number of benzene rings is 1. The van der Waals surface area contributed by atoms with E-state index in [0.29, 0.717) is 5.41 Å². The standard InChI is InChI=1S/C20H28.2CH4/c1-13-4-7-16-15(12-13)6-8-18-17(16)10-11-20(3)14(2)5-9-19(18)20;;/h4,7,12,14,17-19H,5-6,8-11H2,1-3H3;2*1H4. The lowest BCUT2D eigenvalue weighted by Crippen LogP contribution is -2.41. The molecule has 3 aliphatic rings. The molecule has 0 spiro atoms. The van der Waals surface area contributed by atoms with Gasteiger partial charge < -0.3 is 0 Å². The summed E-state index contributed by atoms with van der Waals surface area (Å²) in [6, 6.07) is 7.26. The second kappa shape index (κ2) is 6.02. The fourth-order valence-corrected chi connectivity index (χ4v) is 5.97. The van der Waals surface area contributed by atoms with Gasteiger partial charge in [0.1, 0.15) is 0 Å². The molecule has 0 N–H and O–H groups in total. The van der Waals surface area contributed by atoms with E-state index in [1.54, 1.807) is 11.1 Å². The van der Waals surface area contributed by atoms with Crippen molar-refractivity contribution < 1.29 is 0 Å². The van der Waals surface area contributed by atoms with Crippen LogP contribution >= 0.6 is 0 Å². The molecular weight excluding hydrogens is 264 g/mol. The monoisotopic (exact) mass is 300 g/mol. The number of rotatable bonds is 0. The van der Waals surface area contributed by atoms with Gasteiger partial charge in [-0.25, -0.2) is 0 Å². The summed E-state index contributed by atoms with van der Waals surface area (Å²) in [5.41, 5.74) is 5.48. The molecule has 0 aromatic heterocycles. The highest BCUT2D eigenvalue weighted by Gasteiger charge is 2.53. The highest BCUT2D eigenvalue weighted by molar-refractivity contribution is 5.37. The van der Waals surface area contributed by atoms with E-state index < -0.39 is 0 Å². The van der Waals surface area contributed by atoms with Gasteiger partial charge in [-0.15, -0.1) is 0 Å². The lowest BCUT2D eigenvalue weighted by Gasteiger charge is -2.50. The van der Waals surface area contributed by atoms with Crippen molar-refractivity contribution in [1.82, 2.24) is 0 Å². The normalized spacial score (nSPS) is 38.9. The van der Waals surface area contributed by atoms with Crippen molar-refractivity contribution in [1.29, 1.82) is 0 Å². The molecule has 0 aliphatic heterocycles. The van der Waals surface area contributed by atoms with Crippen molar-refractivity contribution >= 4 is 0 Å². The van der Waals surface area contributed by atoms with Gasteiger partial charge in [0.05, 0.1) is 0 Å². The first-order valence-corrected chi connectivity index (χ1v) is 8.69. The van der Waals surface area contributed by atoms with Crippen LogP contribution in [0.15, 0.2) is 18.2 Å². The highest BCUT2D eigenvalue weighted by atomic mass is 14.6. The van der Waals surface area contributed by atoms with E-state index >= 15 is 0 Å². The van der Waals surface area contributed by atoms with E-state index in [4.69, 9.17) is 0 Å². The third-order valence-electron chi connectivity index (χ3n) is 7.36. The van der Waals surface area contributed by atoms with E-state index in [0.717, 1.165) is 23.7 Å². The van der Waals surface area contributed by atoms with Gasteiger partial charge in [0.15, 0.2) is 0 Å². The number of aryl methyl sites for hydroxylation is 2. The molecule has 4 rings (SSSR count). The molecule has 0 saturated heterocycles. The maximum absolute atomic E-state index is 2.61. The first-order valence-electron chi connectivity index (χ1n) is 8.69. The van der Waals surface area contributed by atoms with Gasteiger partial charge in [0.25, 0.3) is 0 Å². The van der Waals surface area contributed by atoms with Gasteiger partial charge in [0.2, 0.25) is 0 Å². The van der Waals surface area contributed by atoms with Crippen molar-refractivity contribution in [3.05, 3.63) is 34.9 Å². The number of fused-ring (bicyclic) bond motifs is 5. The largest absolute Gasteiger partial charge is 0.0776 e. The van der Waals surface area contributed by atoms with Crippen molar-refractivity contribution in [2.75, 3.05) is 0 Å². The Hall–Kier alpha value is -0.780. The average Bonchev–Trinajstić information content (AvgIpc) is 2.74. The summed E-state index contributed by atoms with van der Waals surface area (Å²) >= 11 is 0. The molecule has 124 valence electrons. The van der Waals surface area contributed by atoms with E-state index in [1.165, 1.54) is 44.1 Å². The van der Waals surface area contributed by atoms with E-state index in [1.807, 2.05) is 0 Å². The molecular formula is C22H36. The first kappa shape index (κ1) is 17.6. The minimum absolute atomic E-state index is 0. The molecule has 1 aromatic carbocycles. The zero-order valence-corrected chi connectivity index (χ0v) is 13.3. The predicted molar refractivity (Wildman–Crippen MR) is 98.4 cm³/mol. The van der Waals surface area contributed by atoms with Crippen LogP contribution in [-0.4, -0.2) is 0 Å². The van der Waals surface area contributed by atoms with Gasteiger partial charge in [-0.2, -0.15) is 0 Å². The molecule has 2 fully saturated rings. The first-order chi connectivity index (χ1) is 9.59. The molecule has 1 aromatic rings. The van der Waals surface area contributed by atoms with Gasteiger partial charge in [0, 0.05) is 0 Å². The van der Waals surface area contributed by atoms with Gasteiger partial charge in [-0.3, -0.25) is 0 Å². The third-order valence-corrected chi connectivity index (χ3v) is 7.36. The fraction of sp³-hybridized carbons (Fsp3) is 0.727. The molecule has 5 atom stereocenters. The lowest BCUT2D eigenvalue weighted by atomic mass is 9.54. The van der Waals surface area contributed by atoms with Crippen LogP contribution in [0.4, 0.5) is 0 Å². The Morgan fingerprint density at radius 3 is 2.59 bits per heavy atom. The number of hydrogen-bond acceptors (Lipinski definition) is 0. The zero-order chi connectivity index (χ0) is 13.9. The molecule has 2 saturated carbocycles. The Balaban J connectivity index is 0.000000882. The van der Waals surface area contributed by atoms with Crippen LogP contribution in [0, 0.1) is 30.1 Å². The SMILES string of the molecule is C.C.Cc1ccc2c(c1)CCC1C2CCC2(C)C(C)CCC12. The van der Waals surface area contributed by atoms with Gasteiger partial charge in [-0.05, 0) is 85.7 Å². The molecule has 3 aliphatic carbocycles. The van der Waals surface area contributed by atoms with Gasteiger partial charge >= 0.3 is 0 Å². The van der Waals surface area contributed by atoms with E-state index in [2.05, 4.69) is 39.0 Å². The fourth-order valence-electron chi connectivity index (χ4n) is 5.97. The second-order valence-electron chi connectivity index (χ2n) is 8.14. The minimum Gasteiger partial charge on any atom is -0.0776 e. The summed E-state index contributed by atoms with van der Waals surface area (Å²) in [6.45, 7) is 7.36. The summed E-state index contributed by atoms with van der Waals surface area (Å²) in [6.07, 6.45) is 8.67. The molecule has 0 heteroatoms. The smallest absolute Gasteiger partial charge is 0.0128 e. The molecule has 22 heavy (non-hydrogen) atoms. The van der Waals surface area contributed by atoms with Crippen LogP contribution in [0.1, 0.15) is 83.4 Å². The Kier molecular flexibility index (Phi) is 4.81. The van der Waals surface area contributed by atoms with Crippen molar-refractivity contribution in [3.63, 3.8) is 0 Å². The van der Waals surface area contributed by atoms with Crippen LogP contribution in [0.2, 0.25) is 0 Å². The molecule has 0 heterocycles. The average molecular weight is 301 g/mol. The second-order valence-corrected chi connectivity index (χ2v) is 8.14. The Morgan fingerprint density at radius 2 is 1.82 bits per heavy atom. The third kappa shape index (κ3) is 2.34. The Bertz CT molecular complexity index is 529. The predicted octanol–water partition coefficient (Wildman–Crippen LogP) is 6.76. The molecule has 0 nitrogen and oxygen atoms in total. The van der Waals surface area contributed by atoms with Crippen molar-refractivity contribution in [2.45, 2.75) is 80.1 Å². The number of hydrogen-bond donors (Lipinski definition) is 0. The Morgan fingerprint density at radius 1 is 1.05 bits per heavy atom. The molecule has 0 bridgehead atoms. The summed E-state index contributed by atoms with van der Waals surface area (Å²) in [5, 5.41) is 0. The van der Waals surface area contributed by atoms with Crippen LogP contribution in [0.25, 0.3) is 0 Å². The summed E-state index contributed by atoms with van der Waals surface area (Å²) in [5.74, 6) is 3.81. The van der Waals surface area contributed by atoms with Crippen LogP contribution in [0.5, 0.6) is 0 Å². The maximum atomic E-state index is 2.61. The van der Waals surface area contributed by atoms with Crippen molar-refractivity contribution in [2.24, 2.45) is 23.2 Å². The highest BCUT2D eigenvalue weighted by Crippen LogP contribution is 2.62. The minimum atomic E-state index is 0. The van der Waals surface area contributed by atoms with Gasteiger partial charge in [-0.1, -0.05) is 52.5 Å². The molecule has 5 unspecified atom stereocenters. The topological polar surface area (TPSA) is 0 Å². The zero-order valence-electron chi connectivity index (χ0n) is 13.3. The summed E-state index contributed by atoms with van der Waals surface area (Å²) < 4.78 is 0. The Labute approximate surface area is 138 Å². The molecule has 0 amide bonds. The summed E-state index contributed by atoms with van der Waals surface area (Å²) in [4.78, 5) is 0. The molecule has 0 radical (unpaired) electrons. The lowest BCUT2D eigenvalue weighted by molar-refractivity contribution is 0.0337. The van der Waals surface area contributed by atoms with E-state index in [-0.39, 0.29) is 14.9 Å². The summed E-state index contributed by atoms with van der Waals surface area (Å²) in [7, 11) is 0. The van der Waals surface area contributed by atoms with Crippen LogP contribution in [0.3, 0.4) is 0 Å². The maximum Gasteiger partial charge on any atom is -0.0128 e. The van der Waals surface area contributed by atoms with E-state index in [9.17, 15) is 0 Å². The van der Waals surface area contributed by atoms with Crippen LogP contribution < -0.4 is 0 Å². The quantitative estimate of drug-likeness (QED) is 0.496. The van der Waals surface area contributed by atoms with Crippen molar-refractivity contribution in [3.8, 4) is 0 Å². The van der Waals surface area contributed by atoms with Crippen LogP contribution in [-0.2, 0) is 6.42 Å².